The highest BCUT2D eigenvalue weighted by molar-refractivity contribution is 6.28. The summed E-state index contributed by atoms with van der Waals surface area (Å²) in [5, 5.41) is 20.1. The Labute approximate surface area is 112 Å². The number of halogens is 1. The van der Waals surface area contributed by atoms with Crippen molar-refractivity contribution in [3.8, 4) is 11.6 Å². The third kappa shape index (κ3) is 3.30. The number of rotatable bonds is 6. The van der Waals surface area contributed by atoms with Gasteiger partial charge in [0, 0.05) is 7.11 Å². The Bertz CT molecular complexity index is 567. The monoisotopic (exact) mass is 286 g/mol. The van der Waals surface area contributed by atoms with E-state index in [-0.39, 0.29) is 18.2 Å². The van der Waals surface area contributed by atoms with Gasteiger partial charge in [0.25, 0.3) is 0 Å². The van der Waals surface area contributed by atoms with Crippen molar-refractivity contribution in [2.24, 2.45) is 0 Å². The Morgan fingerprint density at radius 1 is 1.63 bits per heavy atom. The molecule has 0 aliphatic rings. The van der Waals surface area contributed by atoms with Crippen LogP contribution in [0.25, 0.3) is 11.6 Å². The van der Waals surface area contributed by atoms with Gasteiger partial charge in [-0.05, 0) is 34.2 Å². The molecule has 0 saturated heterocycles. The summed E-state index contributed by atoms with van der Waals surface area (Å²) in [6.45, 7) is 0.198. The zero-order valence-corrected chi connectivity index (χ0v) is 10.7. The van der Waals surface area contributed by atoms with E-state index in [9.17, 15) is 4.79 Å². The first-order valence-electron chi connectivity index (χ1n) is 5.36. The van der Waals surface area contributed by atoms with Gasteiger partial charge in [-0.15, -0.1) is 5.10 Å². The lowest BCUT2D eigenvalue weighted by atomic mass is 10.2. The van der Waals surface area contributed by atoms with Crippen molar-refractivity contribution in [1.29, 1.82) is 0 Å². The second-order valence-corrected chi connectivity index (χ2v) is 4.12. The number of aliphatic carboxylic acids is 1. The Kier molecular flexibility index (Phi) is 4.13. The second kappa shape index (κ2) is 5.81. The van der Waals surface area contributed by atoms with Gasteiger partial charge in [-0.3, -0.25) is 4.79 Å². The van der Waals surface area contributed by atoms with E-state index in [2.05, 4.69) is 15.5 Å². The number of nitrogens with zero attached hydrogens (tertiary/aromatic N) is 4. The standard InChI is InChI=1S/C10H11ClN4O4/c1-18-6(4-9(16)17)5-15-10(12-13-14-15)7-2-3-8(11)19-7/h2-3,6H,4-5H2,1H3,(H,16,17). The molecule has 0 aliphatic carbocycles. The predicted octanol–water partition coefficient (Wildman–Crippen LogP) is 1.08. The van der Waals surface area contributed by atoms with Gasteiger partial charge in [0.15, 0.2) is 11.0 Å². The second-order valence-electron chi connectivity index (χ2n) is 3.74. The molecule has 0 aliphatic heterocycles. The normalized spacial score (nSPS) is 12.5. The highest BCUT2D eigenvalue weighted by Crippen LogP contribution is 2.22. The summed E-state index contributed by atoms with van der Waals surface area (Å²) in [6, 6.07) is 3.20. The van der Waals surface area contributed by atoms with E-state index < -0.39 is 12.1 Å². The summed E-state index contributed by atoms with van der Waals surface area (Å²) in [7, 11) is 1.43. The highest BCUT2D eigenvalue weighted by Gasteiger charge is 2.19. The van der Waals surface area contributed by atoms with E-state index in [1.54, 1.807) is 12.1 Å². The Morgan fingerprint density at radius 2 is 2.42 bits per heavy atom. The zero-order valence-electron chi connectivity index (χ0n) is 9.99. The van der Waals surface area contributed by atoms with Gasteiger partial charge >= 0.3 is 5.97 Å². The van der Waals surface area contributed by atoms with Crippen LogP contribution in [0.1, 0.15) is 6.42 Å². The number of carboxylic acid groups (broad SMARTS) is 1. The highest BCUT2D eigenvalue weighted by atomic mass is 35.5. The van der Waals surface area contributed by atoms with Crippen molar-refractivity contribution in [3.05, 3.63) is 17.4 Å². The largest absolute Gasteiger partial charge is 0.481 e. The lowest BCUT2D eigenvalue weighted by molar-refractivity contribution is -0.139. The van der Waals surface area contributed by atoms with Crippen LogP contribution >= 0.6 is 11.6 Å². The number of methoxy groups -OCH3 is 1. The summed E-state index contributed by atoms with van der Waals surface area (Å²) in [6.07, 6.45) is -0.681. The molecule has 0 radical (unpaired) electrons. The fraction of sp³-hybridized carbons (Fsp3) is 0.400. The Balaban J connectivity index is 2.17. The van der Waals surface area contributed by atoms with Crippen LogP contribution in [0.2, 0.25) is 5.22 Å². The molecule has 1 unspecified atom stereocenters. The average Bonchev–Trinajstić information content (AvgIpc) is 2.96. The molecule has 0 aromatic carbocycles. The van der Waals surface area contributed by atoms with Crippen molar-refractivity contribution >= 4 is 17.6 Å². The first-order valence-corrected chi connectivity index (χ1v) is 5.74. The molecule has 0 amide bonds. The van der Waals surface area contributed by atoms with Crippen molar-refractivity contribution in [1.82, 2.24) is 20.2 Å². The van der Waals surface area contributed by atoms with Crippen LogP contribution in [-0.4, -0.2) is 44.5 Å². The number of tetrazole rings is 1. The fourth-order valence-corrected chi connectivity index (χ4v) is 1.69. The molecule has 0 bridgehead atoms. The van der Waals surface area contributed by atoms with Gasteiger partial charge < -0.3 is 14.3 Å². The van der Waals surface area contributed by atoms with Crippen LogP contribution < -0.4 is 0 Å². The molecule has 1 N–H and O–H groups in total. The zero-order chi connectivity index (χ0) is 13.8. The molecule has 0 saturated carbocycles. The number of carboxylic acids is 1. The van der Waals surface area contributed by atoms with Crippen LogP contribution in [0.5, 0.6) is 0 Å². The lowest BCUT2D eigenvalue weighted by Gasteiger charge is -2.12. The van der Waals surface area contributed by atoms with E-state index in [1.165, 1.54) is 11.8 Å². The molecule has 2 aromatic rings. The molecule has 9 heteroatoms. The topological polar surface area (TPSA) is 103 Å². The minimum absolute atomic E-state index is 0.144. The first-order chi connectivity index (χ1) is 9.10. The first kappa shape index (κ1) is 13.5. The van der Waals surface area contributed by atoms with Gasteiger partial charge in [-0.1, -0.05) is 0 Å². The number of hydrogen-bond donors (Lipinski definition) is 1. The van der Waals surface area contributed by atoms with E-state index in [4.69, 9.17) is 25.9 Å². The molecule has 0 fully saturated rings. The summed E-state index contributed by atoms with van der Waals surface area (Å²) in [4.78, 5) is 10.7. The summed E-state index contributed by atoms with van der Waals surface area (Å²) in [5.41, 5.74) is 0. The number of carbonyl (C=O) groups is 1. The Morgan fingerprint density at radius 3 is 3.00 bits per heavy atom. The van der Waals surface area contributed by atoms with Crippen molar-refractivity contribution in [2.45, 2.75) is 19.1 Å². The quantitative estimate of drug-likeness (QED) is 0.847. The van der Waals surface area contributed by atoms with Crippen molar-refractivity contribution in [2.75, 3.05) is 7.11 Å². The third-order valence-corrected chi connectivity index (χ3v) is 2.64. The molecule has 2 heterocycles. The van der Waals surface area contributed by atoms with Gasteiger partial charge in [-0.25, -0.2) is 4.68 Å². The van der Waals surface area contributed by atoms with Crippen LogP contribution in [0, 0.1) is 0 Å². The van der Waals surface area contributed by atoms with E-state index in [0.29, 0.717) is 11.6 Å². The van der Waals surface area contributed by atoms with Crippen LogP contribution in [0.4, 0.5) is 0 Å². The van der Waals surface area contributed by atoms with Crippen LogP contribution in [0.3, 0.4) is 0 Å². The van der Waals surface area contributed by atoms with E-state index >= 15 is 0 Å². The maximum absolute atomic E-state index is 10.7. The molecule has 2 aromatic heterocycles. The maximum Gasteiger partial charge on any atom is 0.306 e. The van der Waals surface area contributed by atoms with Gasteiger partial charge in [0.05, 0.1) is 19.1 Å². The smallest absolute Gasteiger partial charge is 0.306 e. The minimum atomic E-state index is -0.956. The molecule has 2 rings (SSSR count). The molecule has 0 spiro atoms. The van der Waals surface area contributed by atoms with Crippen molar-refractivity contribution < 1.29 is 19.1 Å². The summed E-state index contributed by atoms with van der Waals surface area (Å²) in [5.74, 6) is -0.193. The SMILES string of the molecule is COC(CC(=O)O)Cn1nnnc1-c1ccc(Cl)o1. The van der Waals surface area contributed by atoms with Crippen LogP contribution in [0.15, 0.2) is 16.5 Å². The number of aromatic nitrogens is 4. The molecule has 19 heavy (non-hydrogen) atoms. The lowest BCUT2D eigenvalue weighted by Crippen LogP contribution is -2.23. The third-order valence-electron chi connectivity index (χ3n) is 2.44. The summed E-state index contributed by atoms with van der Waals surface area (Å²) >= 11 is 5.68. The number of furan rings is 1. The number of hydrogen-bond acceptors (Lipinski definition) is 6. The molecule has 1 atom stereocenters. The fourth-order valence-electron chi connectivity index (χ4n) is 1.55. The van der Waals surface area contributed by atoms with Gasteiger partial charge in [0.1, 0.15) is 0 Å². The number of ether oxygens (including phenoxy) is 1. The van der Waals surface area contributed by atoms with E-state index in [0.717, 1.165) is 0 Å². The minimum Gasteiger partial charge on any atom is -0.481 e. The maximum atomic E-state index is 10.7. The molecular formula is C10H11ClN4O4. The summed E-state index contributed by atoms with van der Waals surface area (Å²) < 4.78 is 11.7. The molecular weight excluding hydrogens is 276 g/mol. The average molecular weight is 287 g/mol. The Hall–Kier alpha value is -1.93. The van der Waals surface area contributed by atoms with Gasteiger partial charge in [0.2, 0.25) is 5.82 Å². The van der Waals surface area contributed by atoms with Gasteiger partial charge in [-0.2, -0.15) is 0 Å². The molecule has 8 nitrogen and oxygen atoms in total. The molecule has 102 valence electrons. The predicted molar refractivity (Wildman–Crippen MR) is 63.6 cm³/mol. The van der Waals surface area contributed by atoms with Crippen molar-refractivity contribution in [3.63, 3.8) is 0 Å². The van der Waals surface area contributed by atoms with Crippen LogP contribution in [-0.2, 0) is 16.1 Å². The van der Waals surface area contributed by atoms with E-state index in [1.807, 2.05) is 0 Å².